The van der Waals surface area contributed by atoms with Gasteiger partial charge in [0.25, 0.3) is 5.91 Å². The van der Waals surface area contributed by atoms with Gasteiger partial charge in [-0.3, -0.25) is 4.79 Å². The maximum atomic E-state index is 13.5. The Balaban J connectivity index is 1.70. The van der Waals surface area contributed by atoms with Crippen LogP contribution < -0.4 is 0 Å². The number of phenolic OH excluding ortho intramolecular Hbond substituents is 1. The Morgan fingerprint density at radius 1 is 1.27 bits per heavy atom. The molecule has 2 N–H and O–H groups in total. The molecule has 5 nitrogen and oxygen atoms in total. The molecule has 3 aromatic rings. The first kappa shape index (κ1) is 16.6. The molecule has 26 heavy (non-hydrogen) atoms. The molecule has 1 atom stereocenters. The van der Waals surface area contributed by atoms with Gasteiger partial charge in [-0.2, -0.15) is 0 Å². The number of nitrogens with one attached hydrogen (secondary N) is 1. The summed E-state index contributed by atoms with van der Waals surface area (Å²) in [6, 6.07) is 9.27. The molecule has 4 rings (SSSR count). The lowest BCUT2D eigenvalue weighted by atomic mass is 9.99. The number of aromatic amines is 1. The Labute approximate surface area is 150 Å². The van der Waals surface area contributed by atoms with E-state index < -0.39 is 0 Å². The van der Waals surface area contributed by atoms with Gasteiger partial charge in [-0.25, -0.2) is 9.37 Å². The molecule has 1 fully saturated rings. The maximum Gasteiger partial charge on any atom is 0.258 e. The summed E-state index contributed by atoms with van der Waals surface area (Å²) in [5, 5.41) is 10.2. The zero-order valence-corrected chi connectivity index (χ0v) is 14.5. The van der Waals surface area contributed by atoms with Gasteiger partial charge in [-0.15, -0.1) is 0 Å². The molecule has 0 aliphatic carbocycles. The van der Waals surface area contributed by atoms with E-state index in [0.717, 1.165) is 24.8 Å². The topological polar surface area (TPSA) is 69.2 Å². The summed E-state index contributed by atoms with van der Waals surface area (Å²) in [7, 11) is 0. The van der Waals surface area contributed by atoms with Crippen molar-refractivity contribution in [2.75, 3.05) is 6.54 Å². The molecule has 0 spiro atoms. The minimum Gasteiger partial charge on any atom is -0.507 e. The summed E-state index contributed by atoms with van der Waals surface area (Å²) in [6.07, 6.45) is 2.67. The summed E-state index contributed by atoms with van der Waals surface area (Å²) in [5.41, 5.74) is 2.49. The van der Waals surface area contributed by atoms with Gasteiger partial charge in [0.05, 0.1) is 22.6 Å². The highest BCUT2D eigenvalue weighted by molar-refractivity contribution is 5.97. The van der Waals surface area contributed by atoms with E-state index in [1.165, 1.54) is 12.1 Å². The number of carbonyl (C=O) groups is 1. The summed E-state index contributed by atoms with van der Waals surface area (Å²) in [5.74, 6) is 0.115. The van der Waals surface area contributed by atoms with Crippen LogP contribution in [0.1, 0.15) is 47.1 Å². The summed E-state index contributed by atoms with van der Waals surface area (Å²) in [4.78, 5) is 22.5. The smallest absolute Gasteiger partial charge is 0.258 e. The Kier molecular flexibility index (Phi) is 4.11. The quantitative estimate of drug-likeness (QED) is 0.729. The predicted molar refractivity (Wildman–Crippen MR) is 96.5 cm³/mol. The van der Waals surface area contributed by atoms with Crippen LogP contribution in [0.2, 0.25) is 0 Å². The maximum absolute atomic E-state index is 13.5. The molecule has 1 saturated heterocycles. The van der Waals surface area contributed by atoms with Gasteiger partial charge < -0.3 is 15.0 Å². The lowest BCUT2D eigenvalue weighted by Gasteiger charge is -2.34. The number of piperidine rings is 1. The molecular weight excluding hydrogens is 333 g/mol. The number of aromatic nitrogens is 2. The van der Waals surface area contributed by atoms with Gasteiger partial charge >= 0.3 is 0 Å². The predicted octanol–water partition coefficient (Wildman–Crippen LogP) is 4.08. The molecule has 0 unspecified atom stereocenters. The van der Waals surface area contributed by atoms with Gasteiger partial charge in [-0.1, -0.05) is 6.07 Å². The molecule has 1 amide bonds. The Bertz CT molecular complexity index is 982. The fraction of sp³-hybridized carbons (Fsp3) is 0.300. The van der Waals surface area contributed by atoms with Crippen molar-refractivity contribution in [1.29, 1.82) is 0 Å². The van der Waals surface area contributed by atoms with Crippen LogP contribution in [0.3, 0.4) is 0 Å². The SMILES string of the molecule is Cc1ccc(C(=O)N2CCCC[C@@H]2c2nc3ccc(F)cc3[nH]2)c(O)c1. The van der Waals surface area contributed by atoms with Crippen LogP contribution in [0, 0.1) is 12.7 Å². The first-order chi connectivity index (χ1) is 12.5. The second-order valence-electron chi connectivity index (χ2n) is 6.81. The van der Waals surface area contributed by atoms with E-state index in [1.54, 1.807) is 23.1 Å². The monoisotopic (exact) mass is 353 g/mol. The molecule has 1 aromatic heterocycles. The third-order valence-corrected chi connectivity index (χ3v) is 4.93. The number of amides is 1. The fourth-order valence-corrected chi connectivity index (χ4v) is 3.60. The number of hydrogen-bond acceptors (Lipinski definition) is 3. The van der Waals surface area contributed by atoms with Crippen LogP contribution in [0.5, 0.6) is 5.75 Å². The largest absolute Gasteiger partial charge is 0.507 e. The van der Waals surface area contributed by atoms with Gasteiger partial charge in [0.1, 0.15) is 17.4 Å². The number of aromatic hydroxyl groups is 1. The fourth-order valence-electron chi connectivity index (χ4n) is 3.60. The standard InChI is InChI=1S/C20H20FN3O2/c1-12-5-7-14(18(25)10-12)20(26)24-9-3-2-4-17(24)19-22-15-8-6-13(21)11-16(15)23-19/h5-8,10-11,17,25H,2-4,9H2,1H3,(H,22,23)/t17-/m1/s1. The Hall–Kier alpha value is -2.89. The van der Waals surface area contributed by atoms with Gasteiger partial charge in [0, 0.05) is 6.54 Å². The molecule has 0 bridgehead atoms. The van der Waals surface area contributed by atoms with Gasteiger partial charge in [0.2, 0.25) is 0 Å². The van der Waals surface area contributed by atoms with E-state index in [9.17, 15) is 14.3 Å². The summed E-state index contributed by atoms with van der Waals surface area (Å²) < 4.78 is 13.5. The van der Waals surface area contributed by atoms with Crippen molar-refractivity contribution in [3.63, 3.8) is 0 Å². The minimum absolute atomic E-state index is 0.00833. The van der Waals surface area contributed by atoms with Crippen molar-refractivity contribution in [1.82, 2.24) is 14.9 Å². The Morgan fingerprint density at radius 3 is 2.92 bits per heavy atom. The van der Waals surface area contributed by atoms with Crippen molar-refractivity contribution in [2.45, 2.75) is 32.2 Å². The van der Waals surface area contributed by atoms with Crippen LogP contribution in [0.4, 0.5) is 4.39 Å². The van der Waals surface area contributed by atoms with Crippen molar-refractivity contribution < 1.29 is 14.3 Å². The molecule has 2 aromatic carbocycles. The van der Waals surface area contributed by atoms with E-state index in [1.807, 2.05) is 13.0 Å². The number of H-pyrrole nitrogens is 1. The van der Waals surface area contributed by atoms with E-state index in [4.69, 9.17) is 0 Å². The number of hydrogen-bond donors (Lipinski definition) is 2. The zero-order chi connectivity index (χ0) is 18.3. The van der Waals surface area contributed by atoms with Crippen LogP contribution in [-0.4, -0.2) is 32.4 Å². The van der Waals surface area contributed by atoms with E-state index in [2.05, 4.69) is 9.97 Å². The number of nitrogens with zero attached hydrogens (tertiary/aromatic N) is 2. The lowest BCUT2D eigenvalue weighted by molar-refractivity contribution is 0.0598. The number of likely N-dealkylation sites (tertiary alicyclic amines) is 1. The summed E-state index contributed by atoms with van der Waals surface area (Å²) in [6.45, 7) is 2.47. The number of fused-ring (bicyclic) bond motifs is 1. The minimum atomic E-state index is -0.325. The van der Waals surface area contributed by atoms with Crippen molar-refractivity contribution >= 4 is 16.9 Å². The number of halogens is 1. The number of phenols is 1. The second-order valence-corrected chi connectivity index (χ2v) is 6.81. The number of carbonyl (C=O) groups excluding carboxylic acids is 1. The highest BCUT2D eigenvalue weighted by Gasteiger charge is 2.31. The Morgan fingerprint density at radius 2 is 2.12 bits per heavy atom. The first-order valence-corrected chi connectivity index (χ1v) is 8.78. The number of aryl methyl sites for hydroxylation is 1. The van der Waals surface area contributed by atoms with E-state index >= 15 is 0 Å². The molecule has 2 heterocycles. The first-order valence-electron chi connectivity index (χ1n) is 8.78. The van der Waals surface area contributed by atoms with Gasteiger partial charge in [-0.05, 0) is 62.1 Å². The molecular formula is C20H20FN3O2. The molecule has 1 aliphatic rings. The summed E-state index contributed by atoms with van der Waals surface area (Å²) >= 11 is 0. The van der Waals surface area contributed by atoms with E-state index in [0.29, 0.717) is 29.0 Å². The average Bonchev–Trinajstić information content (AvgIpc) is 3.04. The molecule has 6 heteroatoms. The molecule has 1 aliphatic heterocycles. The highest BCUT2D eigenvalue weighted by atomic mass is 19.1. The number of rotatable bonds is 2. The van der Waals surface area contributed by atoms with E-state index in [-0.39, 0.29) is 23.5 Å². The van der Waals surface area contributed by atoms with Crippen molar-refractivity contribution in [3.8, 4) is 5.75 Å². The molecule has 0 radical (unpaired) electrons. The van der Waals surface area contributed by atoms with Crippen LogP contribution in [-0.2, 0) is 0 Å². The highest BCUT2D eigenvalue weighted by Crippen LogP contribution is 2.33. The zero-order valence-electron chi connectivity index (χ0n) is 14.5. The third kappa shape index (κ3) is 2.92. The normalized spacial score (nSPS) is 17.6. The average molecular weight is 353 g/mol. The second kappa shape index (κ2) is 6.44. The third-order valence-electron chi connectivity index (χ3n) is 4.93. The van der Waals surface area contributed by atoms with Crippen LogP contribution in [0.15, 0.2) is 36.4 Å². The van der Waals surface area contributed by atoms with Gasteiger partial charge in [0.15, 0.2) is 0 Å². The van der Waals surface area contributed by atoms with Crippen molar-refractivity contribution in [2.24, 2.45) is 0 Å². The number of benzene rings is 2. The van der Waals surface area contributed by atoms with Crippen molar-refractivity contribution in [3.05, 3.63) is 59.2 Å². The molecule has 0 saturated carbocycles. The molecule has 134 valence electrons. The van der Waals surface area contributed by atoms with Crippen LogP contribution in [0.25, 0.3) is 11.0 Å². The van der Waals surface area contributed by atoms with Crippen LogP contribution >= 0.6 is 0 Å². The lowest BCUT2D eigenvalue weighted by Crippen LogP contribution is -2.39. The number of imidazole rings is 1.